The molecule has 2 N–H and O–H groups in total. The Morgan fingerprint density at radius 2 is 1.68 bits per heavy atom. The highest BCUT2D eigenvalue weighted by molar-refractivity contribution is 6.41. The van der Waals surface area contributed by atoms with E-state index in [1.54, 1.807) is 18.5 Å². The number of rotatable bonds is 7. The molecule has 3 heterocycles. The molecule has 178 valence electrons. The number of likely N-dealkylation sites (N-methyl/N-ethyl adjacent to an activating group) is 1. The summed E-state index contributed by atoms with van der Waals surface area (Å²) in [6.45, 7) is 5.04. The van der Waals surface area contributed by atoms with Gasteiger partial charge in [-0.1, -0.05) is 29.8 Å². The summed E-state index contributed by atoms with van der Waals surface area (Å²) < 4.78 is 10.7. The Bertz CT molecular complexity index is 1220. The molecule has 1 aliphatic rings. The fourth-order valence-corrected chi connectivity index (χ4v) is 4.78. The lowest BCUT2D eigenvalue weighted by Gasteiger charge is -2.21. The zero-order chi connectivity index (χ0) is 24.4. The minimum absolute atomic E-state index is 0.00736. The number of anilines is 1. The highest BCUT2D eigenvalue weighted by Crippen LogP contribution is 2.45. The third-order valence-electron chi connectivity index (χ3n) is 5.78. The lowest BCUT2D eigenvalue weighted by molar-refractivity contribution is -0.117. The Morgan fingerprint density at radius 1 is 1.06 bits per heavy atom. The lowest BCUT2D eigenvalue weighted by Crippen LogP contribution is -2.45. The van der Waals surface area contributed by atoms with Crippen molar-refractivity contribution in [2.45, 2.75) is 12.1 Å². The van der Waals surface area contributed by atoms with Crippen LogP contribution in [0.3, 0.4) is 0 Å². The van der Waals surface area contributed by atoms with Gasteiger partial charge in [-0.15, -0.1) is 0 Å². The number of likely N-dealkylation sites (tertiary alicyclic amines) is 1. The largest absolute Gasteiger partial charge is 0.495 e. The SMILES string of the molecule is C=CC(=O)N[C@H]1CN(C)C[C@H]1Nc1cc2cnc(-c3c(Cl)c(OC)cc(OC)c3Cl)cc2cn1. The number of aromatic nitrogens is 2. The van der Waals surface area contributed by atoms with Gasteiger partial charge in [-0.25, -0.2) is 4.98 Å². The molecule has 0 spiro atoms. The number of methoxy groups -OCH3 is 2. The molecular weight excluding hydrogens is 477 g/mol. The number of carbonyl (C=O) groups is 1. The highest BCUT2D eigenvalue weighted by atomic mass is 35.5. The minimum Gasteiger partial charge on any atom is -0.495 e. The topological polar surface area (TPSA) is 88.6 Å². The molecule has 4 rings (SSSR count). The van der Waals surface area contributed by atoms with Crippen molar-refractivity contribution in [1.29, 1.82) is 0 Å². The third-order valence-corrected chi connectivity index (χ3v) is 6.53. The summed E-state index contributed by atoms with van der Waals surface area (Å²) in [5.41, 5.74) is 1.10. The average Bonchev–Trinajstić information content (AvgIpc) is 3.17. The predicted octanol–water partition coefficient (Wildman–Crippen LogP) is 4.02. The first-order chi connectivity index (χ1) is 16.3. The number of nitrogens with one attached hydrogen (secondary N) is 2. The summed E-state index contributed by atoms with van der Waals surface area (Å²) in [6.07, 6.45) is 4.79. The van der Waals surface area contributed by atoms with Gasteiger partial charge in [0.2, 0.25) is 5.91 Å². The summed E-state index contributed by atoms with van der Waals surface area (Å²) in [7, 11) is 5.07. The van der Waals surface area contributed by atoms with Crippen LogP contribution >= 0.6 is 23.2 Å². The Labute approximate surface area is 207 Å². The molecule has 0 unspecified atom stereocenters. The second-order valence-electron chi connectivity index (χ2n) is 8.06. The van der Waals surface area contributed by atoms with Gasteiger partial charge in [-0.05, 0) is 25.3 Å². The van der Waals surface area contributed by atoms with Gasteiger partial charge in [0.05, 0.1) is 42.0 Å². The molecule has 0 radical (unpaired) electrons. The molecular formula is C24H25Cl2N5O3. The first-order valence-corrected chi connectivity index (χ1v) is 11.3. The van der Waals surface area contributed by atoms with Gasteiger partial charge in [-0.2, -0.15) is 0 Å². The van der Waals surface area contributed by atoms with Gasteiger partial charge >= 0.3 is 0 Å². The zero-order valence-corrected chi connectivity index (χ0v) is 20.6. The fourth-order valence-electron chi connectivity index (χ4n) is 4.09. The van der Waals surface area contributed by atoms with Gasteiger partial charge in [0, 0.05) is 47.9 Å². The smallest absolute Gasteiger partial charge is 0.243 e. The van der Waals surface area contributed by atoms with E-state index in [1.807, 2.05) is 19.2 Å². The van der Waals surface area contributed by atoms with Crippen LogP contribution in [0.4, 0.5) is 5.82 Å². The van der Waals surface area contributed by atoms with Gasteiger partial charge in [0.25, 0.3) is 0 Å². The van der Waals surface area contributed by atoms with E-state index in [0.29, 0.717) is 38.6 Å². The van der Waals surface area contributed by atoms with Gasteiger partial charge < -0.3 is 25.0 Å². The monoisotopic (exact) mass is 501 g/mol. The predicted molar refractivity (Wildman–Crippen MR) is 135 cm³/mol. The van der Waals surface area contributed by atoms with Crippen LogP contribution in [-0.2, 0) is 4.79 Å². The molecule has 1 aliphatic heterocycles. The quantitative estimate of drug-likeness (QED) is 0.472. The van der Waals surface area contributed by atoms with Crippen LogP contribution in [0.25, 0.3) is 22.0 Å². The van der Waals surface area contributed by atoms with E-state index in [4.69, 9.17) is 32.7 Å². The number of fused-ring (bicyclic) bond motifs is 1. The third kappa shape index (κ3) is 4.75. The van der Waals surface area contributed by atoms with Gasteiger partial charge in [0.1, 0.15) is 17.3 Å². The number of hydrogen-bond donors (Lipinski definition) is 2. The zero-order valence-electron chi connectivity index (χ0n) is 19.1. The molecule has 0 bridgehead atoms. The van der Waals surface area contributed by atoms with Crippen LogP contribution in [0.1, 0.15) is 0 Å². The van der Waals surface area contributed by atoms with Crippen molar-refractivity contribution < 1.29 is 14.3 Å². The van der Waals surface area contributed by atoms with Crippen molar-refractivity contribution >= 4 is 45.7 Å². The number of carbonyl (C=O) groups excluding carboxylic acids is 1. The van der Waals surface area contributed by atoms with Crippen LogP contribution in [0.5, 0.6) is 11.5 Å². The summed E-state index contributed by atoms with van der Waals surface area (Å²) in [4.78, 5) is 23.1. The fraction of sp³-hybridized carbons (Fsp3) is 0.292. The molecule has 2 aromatic heterocycles. The molecule has 10 heteroatoms. The summed E-state index contributed by atoms with van der Waals surface area (Å²) >= 11 is 13.1. The summed E-state index contributed by atoms with van der Waals surface area (Å²) in [6, 6.07) is 5.38. The Kier molecular flexibility index (Phi) is 7.11. The lowest BCUT2D eigenvalue weighted by atomic mass is 10.1. The molecule has 0 saturated carbocycles. The number of pyridine rings is 2. The summed E-state index contributed by atoms with van der Waals surface area (Å²) in [5.74, 6) is 1.38. The number of nitrogens with zero attached hydrogens (tertiary/aromatic N) is 3. The molecule has 2 atom stereocenters. The maximum absolute atomic E-state index is 11.8. The number of halogens is 2. The first kappa shape index (κ1) is 24.1. The van der Waals surface area contributed by atoms with E-state index in [1.165, 1.54) is 20.3 Å². The Hall–Kier alpha value is -3.07. The molecule has 1 saturated heterocycles. The van der Waals surface area contributed by atoms with E-state index in [-0.39, 0.29) is 18.0 Å². The van der Waals surface area contributed by atoms with Crippen LogP contribution in [0.15, 0.2) is 43.2 Å². The highest BCUT2D eigenvalue weighted by Gasteiger charge is 2.31. The maximum Gasteiger partial charge on any atom is 0.243 e. The number of hydrogen-bond acceptors (Lipinski definition) is 7. The Balaban J connectivity index is 1.63. The molecule has 1 amide bonds. The second kappa shape index (κ2) is 10.0. The summed E-state index contributed by atoms with van der Waals surface area (Å²) in [5, 5.41) is 8.87. The van der Waals surface area contributed by atoms with E-state index in [0.717, 1.165) is 23.9 Å². The molecule has 0 aliphatic carbocycles. The van der Waals surface area contributed by atoms with Crippen molar-refractivity contribution in [3.05, 3.63) is 53.3 Å². The number of ether oxygens (including phenoxy) is 2. The van der Waals surface area contributed by atoms with E-state index >= 15 is 0 Å². The Morgan fingerprint density at radius 3 is 2.32 bits per heavy atom. The van der Waals surface area contributed by atoms with E-state index < -0.39 is 0 Å². The number of amides is 1. The van der Waals surface area contributed by atoms with E-state index in [2.05, 4.69) is 32.1 Å². The van der Waals surface area contributed by atoms with Crippen molar-refractivity contribution in [3.8, 4) is 22.8 Å². The van der Waals surface area contributed by atoms with Crippen molar-refractivity contribution in [3.63, 3.8) is 0 Å². The van der Waals surface area contributed by atoms with Crippen LogP contribution < -0.4 is 20.1 Å². The normalized spacial score (nSPS) is 18.0. The molecule has 3 aromatic rings. The first-order valence-electron chi connectivity index (χ1n) is 10.6. The van der Waals surface area contributed by atoms with Gasteiger partial charge in [0.15, 0.2) is 0 Å². The number of benzene rings is 1. The van der Waals surface area contributed by atoms with Crippen molar-refractivity contribution in [2.24, 2.45) is 0 Å². The van der Waals surface area contributed by atoms with Crippen LogP contribution in [-0.4, -0.2) is 67.2 Å². The van der Waals surface area contributed by atoms with E-state index in [9.17, 15) is 4.79 Å². The minimum atomic E-state index is -0.193. The van der Waals surface area contributed by atoms with Crippen molar-refractivity contribution in [1.82, 2.24) is 20.2 Å². The standard InChI is InChI=1S/C24H25Cl2N5O3/c1-5-21(32)30-17-12-31(2)11-16(17)29-20-7-14-9-27-15(6-13(14)10-28-20)22-23(25)18(33-3)8-19(34-4)24(22)26/h5-10,16-17H,1,11-12H2,2-4H3,(H,28,29)(H,30,32)/t16-,17+/m1/s1. The van der Waals surface area contributed by atoms with Gasteiger partial charge in [-0.3, -0.25) is 9.78 Å². The average molecular weight is 502 g/mol. The molecule has 1 fully saturated rings. The molecule has 34 heavy (non-hydrogen) atoms. The van der Waals surface area contributed by atoms with Crippen molar-refractivity contribution in [2.75, 3.05) is 39.7 Å². The molecule has 1 aromatic carbocycles. The second-order valence-corrected chi connectivity index (χ2v) is 8.82. The van der Waals surface area contributed by atoms with Crippen LogP contribution in [0, 0.1) is 0 Å². The maximum atomic E-state index is 11.8. The van der Waals surface area contributed by atoms with Crippen LogP contribution in [0.2, 0.25) is 10.0 Å². The molecule has 8 nitrogen and oxygen atoms in total.